The molecule has 1 aromatic heterocycles. The lowest BCUT2D eigenvalue weighted by Crippen LogP contribution is -2.37. The van der Waals surface area contributed by atoms with Crippen LogP contribution in [0.1, 0.15) is 27.3 Å². The summed E-state index contributed by atoms with van der Waals surface area (Å²) in [4.78, 5) is 15.3. The van der Waals surface area contributed by atoms with Gasteiger partial charge in [-0.05, 0) is 48.5 Å². The number of anilines is 1. The first-order chi connectivity index (χ1) is 17.3. The molecule has 5 rings (SSSR count). The number of sulfonamides is 1. The van der Waals surface area contributed by atoms with Crippen LogP contribution < -0.4 is 4.90 Å². The zero-order chi connectivity index (χ0) is 25.3. The van der Waals surface area contributed by atoms with Crippen LogP contribution in [0.15, 0.2) is 89.8 Å². The fraction of sp³-hybridized carbons (Fsp3) is 0.185. The number of para-hydroxylation sites is 1. The van der Waals surface area contributed by atoms with E-state index >= 15 is 0 Å². The summed E-state index contributed by atoms with van der Waals surface area (Å²) in [5, 5.41) is 4.68. The number of nitrogens with zero attached hydrogens (tertiary/aromatic N) is 4. The van der Waals surface area contributed by atoms with Crippen LogP contribution in [-0.2, 0) is 36.6 Å². The normalized spacial score (nSPS) is 13.8. The number of halogens is 1. The fourth-order valence-corrected chi connectivity index (χ4v) is 5.93. The standard InChI is InChI=1S/C27H25FN4O3S/c1-30-26-16-17-31(36(34,35)23-10-6-3-7-11-23)18-24(26)25(29-30)19-32(22-8-4-2-5-9-22)27(33)20-12-14-21(28)15-13-20/h2-15H,16-19H2,1H3. The Balaban J connectivity index is 1.49. The summed E-state index contributed by atoms with van der Waals surface area (Å²) < 4.78 is 43.3. The van der Waals surface area contributed by atoms with Gasteiger partial charge < -0.3 is 4.90 Å². The molecule has 3 aromatic carbocycles. The molecule has 9 heteroatoms. The highest BCUT2D eigenvalue weighted by Gasteiger charge is 2.33. The summed E-state index contributed by atoms with van der Waals surface area (Å²) in [6.07, 6.45) is 0.516. The third kappa shape index (κ3) is 4.55. The van der Waals surface area contributed by atoms with E-state index in [0.29, 0.717) is 29.9 Å². The van der Waals surface area contributed by atoms with Crippen LogP contribution in [0.5, 0.6) is 0 Å². The molecule has 0 spiro atoms. The van der Waals surface area contributed by atoms with Crippen molar-refractivity contribution in [1.29, 1.82) is 0 Å². The van der Waals surface area contributed by atoms with Gasteiger partial charge in [-0.1, -0.05) is 36.4 Å². The summed E-state index contributed by atoms with van der Waals surface area (Å²) in [5.74, 6) is -0.721. The molecule has 1 amide bonds. The van der Waals surface area contributed by atoms with E-state index in [-0.39, 0.29) is 23.9 Å². The molecule has 0 aliphatic carbocycles. The third-order valence-corrected chi connectivity index (χ3v) is 8.24. The summed E-state index contributed by atoms with van der Waals surface area (Å²) in [6, 6.07) is 23.0. The van der Waals surface area contributed by atoms with E-state index in [2.05, 4.69) is 5.10 Å². The average Bonchev–Trinajstić information content (AvgIpc) is 3.22. The van der Waals surface area contributed by atoms with Crippen LogP contribution >= 0.6 is 0 Å². The molecule has 0 atom stereocenters. The molecule has 184 valence electrons. The molecule has 0 saturated carbocycles. The molecule has 7 nitrogen and oxygen atoms in total. The maximum Gasteiger partial charge on any atom is 0.258 e. The van der Waals surface area contributed by atoms with Gasteiger partial charge in [-0.3, -0.25) is 9.48 Å². The minimum Gasteiger partial charge on any atom is -0.302 e. The monoisotopic (exact) mass is 504 g/mol. The summed E-state index contributed by atoms with van der Waals surface area (Å²) in [5.41, 5.74) is 3.39. The van der Waals surface area contributed by atoms with Gasteiger partial charge in [0, 0.05) is 49.1 Å². The number of hydrogen-bond acceptors (Lipinski definition) is 4. The molecule has 0 radical (unpaired) electrons. The predicted octanol–water partition coefficient (Wildman–Crippen LogP) is 4.15. The number of hydrogen-bond donors (Lipinski definition) is 0. The summed E-state index contributed by atoms with van der Waals surface area (Å²) >= 11 is 0. The maximum atomic E-state index is 13.5. The van der Waals surface area contributed by atoms with E-state index in [1.165, 1.54) is 28.6 Å². The molecule has 0 fully saturated rings. The number of rotatable bonds is 6. The molecule has 4 aromatic rings. The van der Waals surface area contributed by atoms with Gasteiger partial charge in [-0.25, -0.2) is 12.8 Å². The van der Waals surface area contributed by atoms with E-state index in [1.54, 1.807) is 39.9 Å². The first kappa shape index (κ1) is 23.9. The molecule has 36 heavy (non-hydrogen) atoms. The molecular formula is C27H25FN4O3S. The first-order valence-electron chi connectivity index (χ1n) is 11.6. The highest BCUT2D eigenvalue weighted by Crippen LogP contribution is 2.29. The van der Waals surface area contributed by atoms with Crippen molar-refractivity contribution in [3.8, 4) is 0 Å². The number of aromatic nitrogens is 2. The lowest BCUT2D eigenvalue weighted by Gasteiger charge is -2.28. The van der Waals surface area contributed by atoms with E-state index < -0.39 is 15.8 Å². The zero-order valence-electron chi connectivity index (χ0n) is 19.7. The van der Waals surface area contributed by atoms with Crippen molar-refractivity contribution in [3.63, 3.8) is 0 Å². The quantitative estimate of drug-likeness (QED) is 0.395. The number of carbonyl (C=O) groups excluding carboxylic acids is 1. The Hall–Kier alpha value is -3.82. The second kappa shape index (κ2) is 9.67. The van der Waals surface area contributed by atoms with E-state index in [4.69, 9.17) is 0 Å². The maximum absolute atomic E-state index is 13.5. The molecule has 0 bridgehead atoms. The second-order valence-corrected chi connectivity index (χ2v) is 10.6. The van der Waals surface area contributed by atoms with Gasteiger partial charge in [0.2, 0.25) is 10.0 Å². The van der Waals surface area contributed by atoms with Gasteiger partial charge in [-0.15, -0.1) is 0 Å². The van der Waals surface area contributed by atoms with Gasteiger partial charge >= 0.3 is 0 Å². The van der Waals surface area contributed by atoms with Crippen LogP contribution in [-0.4, -0.2) is 35.0 Å². The van der Waals surface area contributed by atoms with E-state index in [9.17, 15) is 17.6 Å². The van der Waals surface area contributed by atoms with Crippen LogP contribution in [0.2, 0.25) is 0 Å². The molecule has 0 N–H and O–H groups in total. The molecular weight excluding hydrogens is 479 g/mol. The Morgan fingerprint density at radius 1 is 0.972 bits per heavy atom. The number of benzene rings is 3. The summed E-state index contributed by atoms with van der Waals surface area (Å²) in [6.45, 7) is 0.659. The van der Waals surface area contributed by atoms with Crippen LogP contribution in [0.4, 0.5) is 10.1 Å². The molecule has 2 heterocycles. The largest absolute Gasteiger partial charge is 0.302 e. The number of fused-ring (bicyclic) bond motifs is 1. The Kier molecular flexibility index (Phi) is 6.42. The van der Waals surface area contributed by atoms with E-state index in [1.807, 2.05) is 37.4 Å². The molecule has 0 unspecified atom stereocenters. The van der Waals surface area contributed by atoms with Crippen LogP contribution in [0.3, 0.4) is 0 Å². The van der Waals surface area contributed by atoms with Crippen molar-refractivity contribution in [2.24, 2.45) is 7.05 Å². The Morgan fingerprint density at radius 2 is 1.61 bits per heavy atom. The van der Waals surface area contributed by atoms with Crippen molar-refractivity contribution in [2.45, 2.75) is 24.4 Å². The van der Waals surface area contributed by atoms with Crippen molar-refractivity contribution >= 4 is 21.6 Å². The number of carbonyl (C=O) groups is 1. The van der Waals surface area contributed by atoms with Crippen molar-refractivity contribution in [2.75, 3.05) is 11.4 Å². The number of amides is 1. The van der Waals surface area contributed by atoms with Crippen LogP contribution in [0.25, 0.3) is 0 Å². The first-order valence-corrected chi connectivity index (χ1v) is 13.0. The number of aryl methyl sites for hydroxylation is 1. The lowest BCUT2D eigenvalue weighted by molar-refractivity contribution is 0.0984. The van der Waals surface area contributed by atoms with E-state index in [0.717, 1.165) is 11.3 Å². The summed E-state index contributed by atoms with van der Waals surface area (Å²) in [7, 11) is -1.84. The molecule has 1 aliphatic rings. The Labute approximate surface area is 209 Å². The van der Waals surface area contributed by atoms with Crippen molar-refractivity contribution in [1.82, 2.24) is 14.1 Å². The highest BCUT2D eigenvalue weighted by molar-refractivity contribution is 7.89. The van der Waals surface area contributed by atoms with Crippen molar-refractivity contribution < 1.29 is 17.6 Å². The van der Waals surface area contributed by atoms with Gasteiger partial charge in [0.15, 0.2) is 0 Å². The highest BCUT2D eigenvalue weighted by atomic mass is 32.2. The fourth-order valence-electron chi connectivity index (χ4n) is 4.50. The van der Waals surface area contributed by atoms with Gasteiger partial charge in [0.25, 0.3) is 5.91 Å². The van der Waals surface area contributed by atoms with Crippen LogP contribution in [0, 0.1) is 5.82 Å². The topological polar surface area (TPSA) is 75.5 Å². The lowest BCUT2D eigenvalue weighted by atomic mass is 10.1. The minimum atomic E-state index is -3.68. The van der Waals surface area contributed by atoms with Gasteiger partial charge in [-0.2, -0.15) is 9.40 Å². The van der Waals surface area contributed by atoms with Crippen molar-refractivity contribution in [3.05, 3.63) is 113 Å². The molecule has 1 aliphatic heterocycles. The average molecular weight is 505 g/mol. The van der Waals surface area contributed by atoms with Gasteiger partial charge in [0.05, 0.1) is 17.1 Å². The Bertz CT molecular complexity index is 1490. The zero-order valence-corrected chi connectivity index (χ0v) is 20.5. The molecule has 0 saturated heterocycles. The smallest absolute Gasteiger partial charge is 0.258 e. The third-order valence-electron chi connectivity index (χ3n) is 6.38. The SMILES string of the molecule is Cn1nc(CN(C(=O)c2ccc(F)cc2)c2ccccc2)c2c1CCN(S(=O)(=O)c1ccccc1)C2. The Morgan fingerprint density at radius 3 is 2.28 bits per heavy atom. The second-order valence-electron chi connectivity index (χ2n) is 8.63. The minimum absolute atomic E-state index is 0.141. The van der Waals surface area contributed by atoms with Gasteiger partial charge in [0.1, 0.15) is 5.82 Å². The predicted molar refractivity (Wildman–Crippen MR) is 134 cm³/mol.